The van der Waals surface area contributed by atoms with Crippen LogP contribution in [-0.4, -0.2) is 20.9 Å². The van der Waals surface area contributed by atoms with E-state index in [1.807, 2.05) is 19.9 Å². The molecule has 1 amide bonds. The van der Waals surface area contributed by atoms with Crippen LogP contribution in [0.15, 0.2) is 35.1 Å². The Bertz CT molecular complexity index is 774. The van der Waals surface area contributed by atoms with Crippen molar-refractivity contribution in [3.63, 3.8) is 0 Å². The molecular weight excluding hydrogens is 256 g/mol. The molecule has 0 aliphatic heterocycles. The van der Waals surface area contributed by atoms with E-state index in [9.17, 15) is 4.79 Å². The molecule has 2 aromatic heterocycles. The predicted molar refractivity (Wildman–Crippen MR) is 73.5 cm³/mol. The van der Waals surface area contributed by atoms with E-state index in [2.05, 4.69) is 20.3 Å². The van der Waals surface area contributed by atoms with Crippen LogP contribution in [0.2, 0.25) is 0 Å². The molecule has 0 saturated heterocycles. The summed E-state index contributed by atoms with van der Waals surface area (Å²) in [7, 11) is 0. The first kappa shape index (κ1) is 12.3. The summed E-state index contributed by atoms with van der Waals surface area (Å²) in [5, 5.41) is 2.68. The second-order valence-electron chi connectivity index (χ2n) is 4.46. The highest BCUT2D eigenvalue weighted by atomic mass is 16.3. The van der Waals surface area contributed by atoms with Crippen LogP contribution in [0.25, 0.3) is 11.1 Å². The first-order valence-electron chi connectivity index (χ1n) is 6.09. The number of oxazole rings is 1. The number of amides is 1. The number of carbonyl (C=O) groups is 1. The van der Waals surface area contributed by atoms with Gasteiger partial charge in [-0.1, -0.05) is 0 Å². The maximum Gasteiger partial charge on any atom is 0.258 e. The van der Waals surface area contributed by atoms with Gasteiger partial charge < -0.3 is 4.42 Å². The Balaban J connectivity index is 1.88. The monoisotopic (exact) mass is 268 g/mol. The van der Waals surface area contributed by atoms with Crippen LogP contribution < -0.4 is 5.32 Å². The van der Waals surface area contributed by atoms with Crippen molar-refractivity contribution in [2.45, 2.75) is 13.8 Å². The highest BCUT2D eigenvalue weighted by molar-refractivity contribution is 6.04. The molecule has 0 bridgehead atoms. The zero-order chi connectivity index (χ0) is 14.1. The van der Waals surface area contributed by atoms with Crippen molar-refractivity contribution >= 4 is 23.0 Å². The lowest BCUT2D eigenvalue weighted by Crippen LogP contribution is -2.14. The van der Waals surface area contributed by atoms with Crippen molar-refractivity contribution in [3.05, 3.63) is 47.6 Å². The van der Waals surface area contributed by atoms with Gasteiger partial charge in [-0.25, -0.2) is 15.0 Å². The third kappa shape index (κ3) is 2.35. The Morgan fingerprint density at radius 1 is 1.15 bits per heavy atom. The fourth-order valence-corrected chi connectivity index (χ4v) is 1.95. The van der Waals surface area contributed by atoms with Gasteiger partial charge in [0, 0.05) is 17.0 Å². The van der Waals surface area contributed by atoms with E-state index < -0.39 is 0 Å². The number of benzene rings is 1. The summed E-state index contributed by atoms with van der Waals surface area (Å²) >= 11 is 0. The minimum atomic E-state index is -0.278. The van der Waals surface area contributed by atoms with Crippen LogP contribution >= 0.6 is 0 Å². The van der Waals surface area contributed by atoms with Crippen molar-refractivity contribution in [2.24, 2.45) is 0 Å². The van der Waals surface area contributed by atoms with Crippen LogP contribution in [-0.2, 0) is 0 Å². The van der Waals surface area contributed by atoms with Gasteiger partial charge in [0.1, 0.15) is 5.52 Å². The van der Waals surface area contributed by atoms with Gasteiger partial charge in [0.2, 0.25) is 5.95 Å². The van der Waals surface area contributed by atoms with Gasteiger partial charge >= 0.3 is 0 Å². The van der Waals surface area contributed by atoms with Crippen LogP contribution in [0.5, 0.6) is 0 Å². The predicted octanol–water partition coefficient (Wildman–Crippen LogP) is 2.49. The van der Waals surface area contributed by atoms with Gasteiger partial charge in [-0.3, -0.25) is 10.1 Å². The third-order valence-corrected chi connectivity index (χ3v) is 2.80. The van der Waals surface area contributed by atoms with E-state index >= 15 is 0 Å². The summed E-state index contributed by atoms with van der Waals surface area (Å²) in [5.41, 5.74) is 3.37. The van der Waals surface area contributed by atoms with Gasteiger partial charge in [-0.05, 0) is 38.1 Å². The molecule has 3 rings (SSSR count). The molecule has 0 saturated carbocycles. The Morgan fingerprint density at radius 3 is 2.65 bits per heavy atom. The number of hydrogen-bond acceptors (Lipinski definition) is 5. The fraction of sp³-hybridized carbons (Fsp3) is 0.143. The highest BCUT2D eigenvalue weighted by Crippen LogP contribution is 2.15. The summed E-state index contributed by atoms with van der Waals surface area (Å²) in [6, 6.07) is 6.89. The summed E-state index contributed by atoms with van der Waals surface area (Å²) in [6.07, 6.45) is 1.35. The molecule has 0 fully saturated rings. The fourth-order valence-electron chi connectivity index (χ4n) is 1.95. The molecule has 20 heavy (non-hydrogen) atoms. The number of aryl methyl sites for hydroxylation is 2. The van der Waals surface area contributed by atoms with Crippen LogP contribution in [0.3, 0.4) is 0 Å². The molecule has 0 aliphatic rings. The number of nitrogens with zero attached hydrogens (tertiary/aromatic N) is 3. The summed E-state index contributed by atoms with van der Waals surface area (Å²) in [4.78, 5) is 24.5. The molecular formula is C14H12N4O2. The molecule has 1 N–H and O–H groups in total. The lowest BCUT2D eigenvalue weighted by molar-refractivity contribution is 0.102. The largest absolute Gasteiger partial charge is 0.443 e. The third-order valence-electron chi connectivity index (χ3n) is 2.80. The normalized spacial score (nSPS) is 10.7. The molecule has 2 heterocycles. The van der Waals surface area contributed by atoms with Gasteiger partial charge in [-0.2, -0.15) is 0 Å². The van der Waals surface area contributed by atoms with E-state index in [0.29, 0.717) is 22.6 Å². The van der Waals surface area contributed by atoms with Gasteiger partial charge in [-0.15, -0.1) is 0 Å². The Kier molecular flexibility index (Phi) is 2.90. The lowest BCUT2D eigenvalue weighted by Gasteiger charge is -2.05. The Labute approximate surface area is 114 Å². The Hall–Kier alpha value is -2.76. The summed E-state index contributed by atoms with van der Waals surface area (Å²) in [5.74, 6) is 0.0210. The van der Waals surface area contributed by atoms with Crippen LogP contribution in [0.4, 0.5) is 5.95 Å². The van der Waals surface area contributed by atoms with Gasteiger partial charge in [0.05, 0.1) is 0 Å². The zero-order valence-corrected chi connectivity index (χ0v) is 11.0. The van der Waals surface area contributed by atoms with E-state index in [1.165, 1.54) is 6.39 Å². The number of fused-ring (bicyclic) bond motifs is 1. The molecule has 100 valence electrons. The quantitative estimate of drug-likeness (QED) is 0.772. The maximum absolute atomic E-state index is 12.2. The molecule has 1 aromatic carbocycles. The van der Waals surface area contributed by atoms with Crippen molar-refractivity contribution in [1.82, 2.24) is 15.0 Å². The molecule has 3 aromatic rings. The topological polar surface area (TPSA) is 80.9 Å². The van der Waals surface area contributed by atoms with Crippen molar-refractivity contribution in [2.75, 3.05) is 5.32 Å². The molecule has 0 spiro atoms. The second-order valence-corrected chi connectivity index (χ2v) is 4.46. The number of aromatic nitrogens is 3. The molecule has 0 unspecified atom stereocenters. The van der Waals surface area contributed by atoms with Gasteiger partial charge in [0.25, 0.3) is 5.91 Å². The van der Waals surface area contributed by atoms with E-state index in [0.717, 1.165) is 11.4 Å². The standard InChI is InChI=1S/C14H12N4O2/c1-8-5-9(2)17-14(16-8)18-13(19)10-3-4-12-11(6-10)15-7-20-12/h3-7H,1-2H3,(H,16,17,18,19). The second kappa shape index (κ2) is 4.73. The van der Waals surface area contributed by atoms with E-state index in [-0.39, 0.29) is 5.91 Å². The smallest absolute Gasteiger partial charge is 0.258 e. The SMILES string of the molecule is Cc1cc(C)nc(NC(=O)c2ccc3ocnc3c2)n1. The van der Waals surface area contributed by atoms with Crippen molar-refractivity contribution in [3.8, 4) is 0 Å². The maximum atomic E-state index is 12.2. The van der Waals surface area contributed by atoms with E-state index in [4.69, 9.17) is 4.42 Å². The molecule has 0 radical (unpaired) electrons. The first-order chi connectivity index (χ1) is 9.61. The Morgan fingerprint density at radius 2 is 1.90 bits per heavy atom. The molecule has 0 aliphatic carbocycles. The molecule has 0 atom stereocenters. The number of carbonyl (C=O) groups excluding carboxylic acids is 1. The van der Waals surface area contributed by atoms with Crippen LogP contribution in [0, 0.1) is 13.8 Å². The average molecular weight is 268 g/mol. The van der Waals surface area contributed by atoms with Gasteiger partial charge in [0.15, 0.2) is 12.0 Å². The minimum absolute atomic E-state index is 0.278. The first-order valence-corrected chi connectivity index (χ1v) is 6.09. The number of nitrogens with one attached hydrogen (secondary N) is 1. The highest BCUT2D eigenvalue weighted by Gasteiger charge is 2.10. The van der Waals surface area contributed by atoms with Crippen molar-refractivity contribution in [1.29, 1.82) is 0 Å². The molecule has 6 nitrogen and oxygen atoms in total. The molecule has 6 heteroatoms. The van der Waals surface area contributed by atoms with Crippen molar-refractivity contribution < 1.29 is 9.21 Å². The lowest BCUT2D eigenvalue weighted by atomic mass is 10.2. The minimum Gasteiger partial charge on any atom is -0.443 e. The number of rotatable bonds is 2. The van der Waals surface area contributed by atoms with E-state index in [1.54, 1.807) is 18.2 Å². The number of anilines is 1. The average Bonchev–Trinajstić information content (AvgIpc) is 2.84. The summed E-state index contributed by atoms with van der Waals surface area (Å²) < 4.78 is 5.13. The number of hydrogen-bond donors (Lipinski definition) is 1. The summed E-state index contributed by atoms with van der Waals surface area (Å²) in [6.45, 7) is 3.71. The van der Waals surface area contributed by atoms with Crippen LogP contribution in [0.1, 0.15) is 21.7 Å². The zero-order valence-electron chi connectivity index (χ0n) is 11.0.